The van der Waals surface area contributed by atoms with E-state index in [0.717, 1.165) is 5.56 Å². The molecular weight excluding hydrogens is 204 g/mol. The minimum Gasteiger partial charge on any atom is -0.0616 e. The Morgan fingerprint density at radius 1 is 0.882 bits per heavy atom. The number of aryl methyl sites for hydroxylation is 1. The van der Waals surface area contributed by atoms with Crippen LogP contribution < -0.4 is 0 Å². The smallest absolute Gasteiger partial charge is 0.00990 e. The standard InChI is InChI=1S/C17H13/c1-13-10-11-17-15(12-13)8-5-9-16(17)14-6-3-2-4-7-14/h2-6,8-12H,1H3. The SMILES string of the molecule is Cc1ccc2c(-c3[c]cccc3)cccc2c1. The minimum atomic E-state index is 1.15. The lowest BCUT2D eigenvalue weighted by atomic mass is 9.97. The van der Waals surface area contributed by atoms with E-state index in [2.05, 4.69) is 61.5 Å². The highest BCUT2D eigenvalue weighted by Gasteiger charge is 2.02. The highest BCUT2D eigenvalue weighted by Crippen LogP contribution is 2.28. The lowest BCUT2D eigenvalue weighted by molar-refractivity contribution is 1.50. The normalized spacial score (nSPS) is 10.6. The summed E-state index contributed by atoms with van der Waals surface area (Å²) in [6.07, 6.45) is 0. The van der Waals surface area contributed by atoms with Gasteiger partial charge in [0.2, 0.25) is 0 Å². The largest absolute Gasteiger partial charge is 0.0616 e. The van der Waals surface area contributed by atoms with Gasteiger partial charge in [-0.15, -0.1) is 0 Å². The van der Waals surface area contributed by atoms with Gasteiger partial charge in [-0.1, -0.05) is 66.2 Å². The monoisotopic (exact) mass is 217 g/mol. The Kier molecular flexibility index (Phi) is 2.41. The molecule has 0 saturated heterocycles. The van der Waals surface area contributed by atoms with E-state index in [4.69, 9.17) is 0 Å². The van der Waals surface area contributed by atoms with Crippen molar-refractivity contribution < 1.29 is 0 Å². The molecule has 3 aromatic carbocycles. The lowest BCUT2D eigenvalue weighted by Gasteiger charge is -2.07. The molecule has 0 bridgehead atoms. The first-order valence-electron chi connectivity index (χ1n) is 5.81. The van der Waals surface area contributed by atoms with Crippen molar-refractivity contribution in [3.05, 3.63) is 72.3 Å². The molecule has 81 valence electrons. The van der Waals surface area contributed by atoms with Crippen molar-refractivity contribution in [1.29, 1.82) is 0 Å². The number of benzene rings is 3. The van der Waals surface area contributed by atoms with Gasteiger partial charge in [-0.3, -0.25) is 0 Å². The topological polar surface area (TPSA) is 0 Å². The molecule has 0 N–H and O–H groups in total. The molecule has 0 heterocycles. The fraction of sp³-hybridized carbons (Fsp3) is 0.0588. The van der Waals surface area contributed by atoms with E-state index in [-0.39, 0.29) is 0 Å². The summed E-state index contributed by atoms with van der Waals surface area (Å²) >= 11 is 0. The molecule has 1 radical (unpaired) electrons. The molecule has 0 saturated carbocycles. The number of fused-ring (bicyclic) bond motifs is 1. The Bertz CT molecular complexity index is 651. The molecule has 0 heteroatoms. The highest BCUT2D eigenvalue weighted by molar-refractivity contribution is 5.96. The zero-order chi connectivity index (χ0) is 11.7. The van der Waals surface area contributed by atoms with Crippen LogP contribution in [0.15, 0.2) is 60.7 Å². The van der Waals surface area contributed by atoms with Crippen LogP contribution in [0.2, 0.25) is 0 Å². The summed E-state index contributed by atoms with van der Waals surface area (Å²) in [5.41, 5.74) is 3.71. The van der Waals surface area contributed by atoms with Crippen molar-refractivity contribution in [2.24, 2.45) is 0 Å². The van der Waals surface area contributed by atoms with Gasteiger partial charge in [0, 0.05) is 0 Å². The van der Waals surface area contributed by atoms with E-state index in [9.17, 15) is 0 Å². The van der Waals surface area contributed by atoms with Crippen LogP contribution in [0, 0.1) is 13.0 Å². The van der Waals surface area contributed by atoms with Crippen LogP contribution in [-0.4, -0.2) is 0 Å². The van der Waals surface area contributed by atoms with E-state index in [0.29, 0.717) is 0 Å². The van der Waals surface area contributed by atoms with E-state index < -0.39 is 0 Å². The van der Waals surface area contributed by atoms with Crippen molar-refractivity contribution in [3.8, 4) is 11.1 Å². The van der Waals surface area contributed by atoms with Gasteiger partial charge in [0.05, 0.1) is 0 Å². The van der Waals surface area contributed by atoms with Crippen molar-refractivity contribution in [2.45, 2.75) is 6.92 Å². The molecule has 0 aromatic heterocycles. The van der Waals surface area contributed by atoms with Gasteiger partial charge in [-0.05, 0) is 34.9 Å². The molecule has 0 unspecified atom stereocenters. The van der Waals surface area contributed by atoms with Crippen molar-refractivity contribution in [1.82, 2.24) is 0 Å². The van der Waals surface area contributed by atoms with E-state index in [1.165, 1.54) is 21.9 Å². The summed E-state index contributed by atoms with van der Waals surface area (Å²) in [6, 6.07) is 24.4. The Labute approximate surface area is 102 Å². The molecule has 0 spiro atoms. The predicted molar refractivity (Wildman–Crippen MR) is 73.0 cm³/mol. The molecule has 0 fully saturated rings. The molecule has 0 atom stereocenters. The molecule has 0 aliphatic carbocycles. The van der Waals surface area contributed by atoms with E-state index in [1.807, 2.05) is 12.1 Å². The van der Waals surface area contributed by atoms with Gasteiger partial charge in [0.1, 0.15) is 0 Å². The molecule has 0 aliphatic rings. The maximum atomic E-state index is 3.29. The molecule has 3 aromatic rings. The third-order valence-corrected chi connectivity index (χ3v) is 3.04. The maximum absolute atomic E-state index is 3.29. The summed E-state index contributed by atoms with van der Waals surface area (Å²) in [5, 5.41) is 2.58. The number of hydrogen-bond donors (Lipinski definition) is 0. The van der Waals surface area contributed by atoms with Crippen LogP contribution in [0.25, 0.3) is 21.9 Å². The van der Waals surface area contributed by atoms with Crippen LogP contribution in [0.1, 0.15) is 5.56 Å². The third-order valence-electron chi connectivity index (χ3n) is 3.04. The Morgan fingerprint density at radius 2 is 1.82 bits per heavy atom. The second kappa shape index (κ2) is 4.06. The molecule has 0 nitrogen and oxygen atoms in total. The van der Waals surface area contributed by atoms with Gasteiger partial charge in [-0.2, -0.15) is 0 Å². The van der Waals surface area contributed by atoms with Crippen LogP contribution >= 0.6 is 0 Å². The molecule has 3 rings (SSSR count). The fourth-order valence-electron chi connectivity index (χ4n) is 2.20. The average molecular weight is 217 g/mol. The van der Waals surface area contributed by atoms with Crippen LogP contribution in [-0.2, 0) is 0 Å². The van der Waals surface area contributed by atoms with Gasteiger partial charge >= 0.3 is 0 Å². The Hall–Kier alpha value is -2.08. The minimum absolute atomic E-state index is 1.15. The Morgan fingerprint density at radius 3 is 2.65 bits per heavy atom. The second-order valence-corrected chi connectivity index (χ2v) is 4.31. The maximum Gasteiger partial charge on any atom is -0.00990 e. The summed E-state index contributed by atoms with van der Waals surface area (Å²) < 4.78 is 0. The molecule has 0 amide bonds. The van der Waals surface area contributed by atoms with Crippen LogP contribution in [0.5, 0.6) is 0 Å². The van der Waals surface area contributed by atoms with Gasteiger partial charge in [0.25, 0.3) is 0 Å². The molecule has 0 aliphatic heterocycles. The lowest BCUT2D eigenvalue weighted by Crippen LogP contribution is -1.82. The summed E-state index contributed by atoms with van der Waals surface area (Å²) in [5.74, 6) is 0. The van der Waals surface area contributed by atoms with E-state index in [1.54, 1.807) is 0 Å². The highest BCUT2D eigenvalue weighted by atomic mass is 14.1. The summed E-state index contributed by atoms with van der Waals surface area (Å²) in [6.45, 7) is 2.13. The second-order valence-electron chi connectivity index (χ2n) is 4.31. The summed E-state index contributed by atoms with van der Waals surface area (Å²) in [7, 11) is 0. The van der Waals surface area contributed by atoms with Crippen molar-refractivity contribution >= 4 is 10.8 Å². The van der Waals surface area contributed by atoms with Gasteiger partial charge < -0.3 is 0 Å². The van der Waals surface area contributed by atoms with Crippen molar-refractivity contribution in [2.75, 3.05) is 0 Å². The molecular formula is C17H13. The first-order valence-corrected chi connectivity index (χ1v) is 5.81. The zero-order valence-corrected chi connectivity index (χ0v) is 9.77. The third kappa shape index (κ3) is 1.83. The zero-order valence-electron chi connectivity index (χ0n) is 9.77. The number of rotatable bonds is 1. The Balaban J connectivity index is 2.31. The quantitative estimate of drug-likeness (QED) is 0.558. The average Bonchev–Trinajstić information content (AvgIpc) is 2.39. The van der Waals surface area contributed by atoms with Crippen LogP contribution in [0.4, 0.5) is 0 Å². The first-order chi connectivity index (χ1) is 8.34. The van der Waals surface area contributed by atoms with Gasteiger partial charge in [0.15, 0.2) is 0 Å². The molecule has 17 heavy (non-hydrogen) atoms. The van der Waals surface area contributed by atoms with Gasteiger partial charge in [-0.25, -0.2) is 0 Å². The number of hydrogen-bond acceptors (Lipinski definition) is 0. The summed E-state index contributed by atoms with van der Waals surface area (Å²) in [4.78, 5) is 0. The first kappa shape index (κ1) is 10.1. The van der Waals surface area contributed by atoms with Crippen molar-refractivity contribution in [3.63, 3.8) is 0 Å². The fourth-order valence-corrected chi connectivity index (χ4v) is 2.20. The predicted octanol–water partition coefficient (Wildman–Crippen LogP) is 4.62. The van der Waals surface area contributed by atoms with Crippen LogP contribution in [0.3, 0.4) is 0 Å². The van der Waals surface area contributed by atoms with E-state index >= 15 is 0 Å².